The molecule has 14 heteroatoms. The highest BCUT2D eigenvalue weighted by Gasteiger charge is 2.08. The van der Waals surface area contributed by atoms with Gasteiger partial charge in [0.05, 0.1) is 30.3 Å². The van der Waals surface area contributed by atoms with Crippen LogP contribution in [-0.2, 0) is 6.54 Å². The zero-order valence-electron chi connectivity index (χ0n) is 23.9. The van der Waals surface area contributed by atoms with Crippen molar-refractivity contribution in [1.29, 1.82) is 0 Å². The van der Waals surface area contributed by atoms with Gasteiger partial charge in [-0.15, -0.1) is 22.7 Å². The molecule has 8 N–H and O–H groups in total. The molecule has 0 saturated carbocycles. The minimum Gasteiger partial charge on any atom is -0.370 e. The van der Waals surface area contributed by atoms with Gasteiger partial charge in [-0.1, -0.05) is 50.1 Å². The van der Waals surface area contributed by atoms with Crippen molar-refractivity contribution in [2.75, 3.05) is 17.2 Å². The third-order valence-corrected chi connectivity index (χ3v) is 7.27. The predicted octanol–water partition coefficient (Wildman–Crippen LogP) is 5.53. The van der Waals surface area contributed by atoms with Gasteiger partial charge in [-0.25, -0.2) is 24.9 Å². The number of guanidine groups is 2. The van der Waals surface area contributed by atoms with Crippen LogP contribution in [0.15, 0.2) is 63.5 Å². The molecular formula is C28H36N12S2. The average molecular weight is 605 g/mol. The van der Waals surface area contributed by atoms with E-state index in [1.807, 2.05) is 54.9 Å². The van der Waals surface area contributed by atoms with Gasteiger partial charge < -0.3 is 32.1 Å². The number of aryl methyl sites for hydroxylation is 2. The number of nitrogens with zero attached hydrogens (tertiary/aromatic N) is 6. The predicted molar refractivity (Wildman–Crippen MR) is 174 cm³/mol. The molecule has 5 rings (SSSR count). The first-order chi connectivity index (χ1) is 20.4. The Labute approximate surface area is 252 Å². The first-order valence-electron chi connectivity index (χ1n) is 13.5. The number of nitrogens with one attached hydrogen (secondary N) is 4. The fourth-order valence-corrected chi connectivity index (χ4v) is 5.07. The van der Waals surface area contributed by atoms with Gasteiger partial charge in [0.25, 0.3) is 0 Å². The highest BCUT2D eigenvalue weighted by molar-refractivity contribution is 7.14. The molecule has 12 nitrogen and oxygen atoms in total. The van der Waals surface area contributed by atoms with Crippen molar-refractivity contribution in [3.8, 4) is 22.8 Å². The second-order valence-corrected chi connectivity index (χ2v) is 11.0. The van der Waals surface area contributed by atoms with Crippen molar-refractivity contribution in [2.45, 2.75) is 46.6 Å². The number of benzene rings is 1. The topological polar surface area (TPSA) is 184 Å². The van der Waals surface area contributed by atoms with E-state index in [2.05, 4.69) is 57.4 Å². The van der Waals surface area contributed by atoms with E-state index in [1.54, 1.807) is 12.4 Å². The molecule has 0 aliphatic heterocycles. The number of aliphatic imine (C=N–C) groups is 2. The third-order valence-electron chi connectivity index (χ3n) is 5.75. The molecule has 0 radical (unpaired) electrons. The van der Waals surface area contributed by atoms with Gasteiger partial charge in [0.15, 0.2) is 22.2 Å². The first-order valence-corrected chi connectivity index (χ1v) is 15.3. The smallest absolute Gasteiger partial charge is 0.195 e. The van der Waals surface area contributed by atoms with Crippen molar-refractivity contribution in [3.63, 3.8) is 0 Å². The van der Waals surface area contributed by atoms with Gasteiger partial charge >= 0.3 is 0 Å². The normalized spacial score (nSPS) is 11.7. The van der Waals surface area contributed by atoms with Crippen LogP contribution in [0.25, 0.3) is 22.8 Å². The van der Waals surface area contributed by atoms with E-state index in [9.17, 15) is 0 Å². The number of aromatic amines is 2. The Morgan fingerprint density at radius 1 is 0.810 bits per heavy atom. The number of rotatable bonds is 10. The second-order valence-electron chi connectivity index (χ2n) is 9.25. The summed E-state index contributed by atoms with van der Waals surface area (Å²) in [6, 6.07) is 9.96. The largest absolute Gasteiger partial charge is 0.370 e. The molecule has 5 aromatic rings. The highest BCUT2D eigenvalue weighted by Crippen LogP contribution is 2.24. The van der Waals surface area contributed by atoms with Crippen molar-refractivity contribution in [2.24, 2.45) is 21.5 Å². The molecule has 220 valence electrons. The van der Waals surface area contributed by atoms with Crippen LogP contribution in [0.2, 0.25) is 0 Å². The summed E-state index contributed by atoms with van der Waals surface area (Å²) in [5, 5.41) is 11.4. The second kappa shape index (κ2) is 15.4. The Balaban J connectivity index is 0.000000194. The summed E-state index contributed by atoms with van der Waals surface area (Å²) in [7, 11) is 0. The molecular weight excluding hydrogens is 569 g/mol. The van der Waals surface area contributed by atoms with Gasteiger partial charge in [0.2, 0.25) is 0 Å². The molecule has 1 aromatic carbocycles. The van der Waals surface area contributed by atoms with Gasteiger partial charge in [-0.3, -0.25) is 4.99 Å². The Hall–Kier alpha value is -4.56. The molecule has 0 atom stereocenters. The lowest BCUT2D eigenvalue weighted by Crippen LogP contribution is -2.22. The molecule has 0 aliphatic rings. The quantitative estimate of drug-likeness (QED) is 0.0683. The number of hydrogen-bond donors (Lipinski definition) is 6. The Kier molecular flexibility index (Phi) is 11.2. The number of anilines is 2. The van der Waals surface area contributed by atoms with Crippen LogP contribution in [0.4, 0.5) is 10.3 Å². The number of hydrogen-bond acceptors (Lipinski definition) is 8. The minimum absolute atomic E-state index is 0.352. The minimum atomic E-state index is 0.352. The molecule has 0 unspecified atom stereocenters. The zero-order valence-corrected chi connectivity index (χ0v) is 25.5. The van der Waals surface area contributed by atoms with E-state index < -0.39 is 0 Å². The highest BCUT2D eigenvalue weighted by atomic mass is 32.1. The summed E-state index contributed by atoms with van der Waals surface area (Å²) in [4.78, 5) is 32.1. The summed E-state index contributed by atoms with van der Waals surface area (Å²) in [5.41, 5.74) is 16.3. The Bertz CT molecular complexity index is 1580. The first kappa shape index (κ1) is 30.4. The zero-order chi connectivity index (χ0) is 29.7. The van der Waals surface area contributed by atoms with E-state index in [-0.39, 0.29) is 0 Å². The lowest BCUT2D eigenvalue weighted by atomic mass is 10.2. The molecule has 4 heterocycles. The van der Waals surface area contributed by atoms with Gasteiger partial charge in [-0.05, 0) is 25.8 Å². The summed E-state index contributed by atoms with van der Waals surface area (Å²) >= 11 is 2.97. The van der Waals surface area contributed by atoms with Gasteiger partial charge in [0.1, 0.15) is 23.0 Å². The fourth-order valence-electron chi connectivity index (χ4n) is 3.63. The van der Waals surface area contributed by atoms with E-state index in [0.29, 0.717) is 23.6 Å². The number of aromatic nitrogens is 6. The lowest BCUT2D eigenvalue weighted by Gasteiger charge is -2.01. The van der Waals surface area contributed by atoms with Crippen LogP contribution < -0.4 is 22.1 Å². The third kappa shape index (κ3) is 9.52. The lowest BCUT2D eigenvalue weighted by molar-refractivity contribution is 0.727. The summed E-state index contributed by atoms with van der Waals surface area (Å²) in [6.45, 7) is 7.28. The van der Waals surface area contributed by atoms with Crippen LogP contribution in [-0.4, -0.2) is 48.4 Å². The summed E-state index contributed by atoms with van der Waals surface area (Å²) < 4.78 is 0. The number of unbranched alkanes of at least 4 members (excludes halogenated alkanes) is 2. The van der Waals surface area contributed by atoms with Crippen molar-refractivity contribution in [3.05, 3.63) is 70.7 Å². The SMILES string of the molecule is CCCCCN=C(N)Nc1nc(-c2cnc(C)[nH]2)cs1.Cc1ncc(-c2csc(NC(N)=NCc3ccccc3)n2)[nH]1. The van der Waals surface area contributed by atoms with E-state index in [4.69, 9.17) is 11.5 Å². The van der Waals surface area contributed by atoms with Crippen LogP contribution in [0.3, 0.4) is 0 Å². The summed E-state index contributed by atoms with van der Waals surface area (Å²) in [5.74, 6) is 2.51. The molecule has 0 amide bonds. The van der Waals surface area contributed by atoms with Crippen molar-refractivity contribution >= 4 is 44.9 Å². The number of thiazole rings is 2. The maximum atomic E-state index is 5.89. The maximum absolute atomic E-state index is 5.89. The summed E-state index contributed by atoms with van der Waals surface area (Å²) in [6.07, 6.45) is 6.96. The molecule has 0 spiro atoms. The molecule has 0 aliphatic carbocycles. The van der Waals surface area contributed by atoms with E-state index >= 15 is 0 Å². The van der Waals surface area contributed by atoms with Gasteiger partial charge in [-0.2, -0.15) is 0 Å². The van der Waals surface area contributed by atoms with E-state index in [0.717, 1.165) is 58.1 Å². The van der Waals surface area contributed by atoms with Crippen LogP contribution in [0.1, 0.15) is 43.4 Å². The van der Waals surface area contributed by atoms with Crippen LogP contribution in [0.5, 0.6) is 0 Å². The molecule has 0 bridgehead atoms. The van der Waals surface area contributed by atoms with E-state index in [1.165, 1.54) is 35.5 Å². The monoisotopic (exact) mass is 604 g/mol. The van der Waals surface area contributed by atoms with Crippen LogP contribution in [0, 0.1) is 13.8 Å². The fraction of sp³-hybridized carbons (Fsp3) is 0.286. The molecule has 0 fully saturated rings. The number of imidazole rings is 2. The molecule has 42 heavy (non-hydrogen) atoms. The van der Waals surface area contributed by atoms with Crippen molar-refractivity contribution < 1.29 is 0 Å². The molecule has 4 aromatic heterocycles. The Morgan fingerprint density at radius 3 is 1.86 bits per heavy atom. The Morgan fingerprint density at radius 2 is 1.36 bits per heavy atom. The number of nitrogens with two attached hydrogens (primary N) is 2. The average Bonchev–Trinajstić information content (AvgIpc) is 3.80. The van der Waals surface area contributed by atoms with Crippen LogP contribution >= 0.6 is 22.7 Å². The standard InChI is InChI=1S/C15H16N6S.C13H20N6S/c1-10-17-8-12(19-10)13-9-22-15(20-13)21-14(16)18-7-11-5-3-2-4-6-11;1-3-4-5-6-15-12(14)19-13-18-11(8-20-13)10-7-16-9(2)17-10/h2-6,8-9H,7H2,1H3,(H,17,19)(H3,16,18,20,21);7-8H,3-6H2,1-2H3,(H,16,17)(H3,14,15,18,19). The number of H-pyrrole nitrogens is 2. The van der Waals surface area contributed by atoms with Crippen molar-refractivity contribution in [1.82, 2.24) is 29.9 Å². The maximum Gasteiger partial charge on any atom is 0.195 e. The molecule has 0 saturated heterocycles. The van der Waals surface area contributed by atoms with Gasteiger partial charge in [0, 0.05) is 17.3 Å².